The topological polar surface area (TPSA) is 72.5 Å². The molecule has 1 unspecified atom stereocenters. The summed E-state index contributed by atoms with van der Waals surface area (Å²) in [6, 6.07) is 8.58. The third-order valence-corrected chi connectivity index (χ3v) is 5.13. The van der Waals surface area contributed by atoms with E-state index >= 15 is 0 Å². The third kappa shape index (κ3) is 3.95. The first-order valence-electron chi connectivity index (χ1n) is 9.24. The molecule has 7 heteroatoms. The summed E-state index contributed by atoms with van der Waals surface area (Å²) in [7, 11) is 0. The second-order valence-electron chi connectivity index (χ2n) is 7.05. The molecule has 4 rings (SSSR count). The molecule has 0 bridgehead atoms. The van der Waals surface area contributed by atoms with Gasteiger partial charge in [0.25, 0.3) is 5.79 Å². The van der Waals surface area contributed by atoms with Gasteiger partial charge in [0.1, 0.15) is 11.9 Å². The van der Waals surface area contributed by atoms with Crippen molar-refractivity contribution in [2.75, 3.05) is 10.6 Å². The Balaban J connectivity index is 1.39. The first kappa shape index (κ1) is 17.9. The Bertz CT molecular complexity index is 835. The molecule has 1 saturated carbocycles. The molecule has 1 amide bonds. The van der Waals surface area contributed by atoms with Crippen LogP contribution in [0.4, 0.5) is 11.5 Å². The second-order valence-corrected chi connectivity index (χ2v) is 7.49. The van der Waals surface area contributed by atoms with Crippen molar-refractivity contribution in [3.8, 4) is 11.5 Å². The van der Waals surface area contributed by atoms with Gasteiger partial charge in [-0.2, -0.15) is 0 Å². The van der Waals surface area contributed by atoms with E-state index in [2.05, 4.69) is 15.6 Å². The quantitative estimate of drug-likeness (QED) is 0.801. The number of hydrogen-bond acceptors (Lipinski definition) is 5. The maximum absolute atomic E-state index is 12.4. The van der Waals surface area contributed by atoms with E-state index in [1.165, 1.54) is 12.6 Å². The smallest absolute Gasteiger partial charge is 0.251 e. The molecule has 27 heavy (non-hydrogen) atoms. The number of benzene rings is 1. The molecule has 1 fully saturated rings. The fraction of sp³-hybridized carbons (Fsp3) is 0.400. The Hall–Kier alpha value is -2.47. The number of anilines is 2. The van der Waals surface area contributed by atoms with Crippen LogP contribution in [0.25, 0.3) is 0 Å². The van der Waals surface area contributed by atoms with Crippen LogP contribution in [0, 0.1) is 0 Å². The zero-order valence-corrected chi connectivity index (χ0v) is 15.9. The van der Waals surface area contributed by atoms with Crippen LogP contribution < -0.4 is 20.1 Å². The fourth-order valence-corrected chi connectivity index (χ4v) is 3.59. The maximum Gasteiger partial charge on any atom is 0.251 e. The first-order chi connectivity index (χ1) is 13.0. The van der Waals surface area contributed by atoms with Crippen molar-refractivity contribution in [3.05, 3.63) is 41.6 Å². The van der Waals surface area contributed by atoms with Crippen LogP contribution in [-0.4, -0.2) is 22.7 Å². The molecule has 2 aromatic rings. The number of aromatic nitrogens is 1. The molecule has 1 aliphatic carbocycles. The summed E-state index contributed by atoms with van der Waals surface area (Å²) in [5.41, 5.74) is 0.803. The number of fused-ring (bicyclic) bond motifs is 1. The van der Waals surface area contributed by atoms with E-state index in [1.54, 1.807) is 19.1 Å². The minimum absolute atomic E-state index is 0.189. The van der Waals surface area contributed by atoms with Gasteiger partial charge in [0.2, 0.25) is 5.91 Å². The van der Waals surface area contributed by atoms with Crippen LogP contribution in [0.1, 0.15) is 39.0 Å². The Labute approximate surface area is 163 Å². The van der Waals surface area contributed by atoms with E-state index in [0.29, 0.717) is 10.8 Å². The number of hydrogen-bond donors (Lipinski definition) is 2. The number of nitrogens with zero attached hydrogens (tertiary/aromatic N) is 1. The van der Waals surface area contributed by atoms with Crippen molar-refractivity contribution in [3.63, 3.8) is 0 Å². The standard InChI is InChI=1S/C20H22ClN3O3/c1-13(19(25)24-18-8-5-14(21)12-22-18)23-15-6-7-16-17(11-15)27-20(26-16)9-3-2-4-10-20/h5-8,11-13,23H,2-4,9-10H2,1H3,(H,22,24,25). The zero-order chi connectivity index (χ0) is 18.9. The maximum atomic E-state index is 12.4. The molecule has 1 atom stereocenters. The van der Waals surface area contributed by atoms with Crippen LogP contribution >= 0.6 is 11.6 Å². The number of amides is 1. The van der Waals surface area contributed by atoms with Gasteiger partial charge in [-0.1, -0.05) is 18.0 Å². The van der Waals surface area contributed by atoms with Crippen LogP contribution in [0.15, 0.2) is 36.5 Å². The average molecular weight is 388 g/mol. The average Bonchev–Trinajstić information content (AvgIpc) is 3.00. The predicted molar refractivity (Wildman–Crippen MR) is 104 cm³/mol. The molecule has 2 N–H and O–H groups in total. The molecular weight excluding hydrogens is 366 g/mol. The van der Waals surface area contributed by atoms with Gasteiger partial charge in [0.05, 0.1) is 5.02 Å². The summed E-state index contributed by atoms with van der Waals surface area (Å²) in [5.74, 6) is 1.27. The van der Waals surface area contributed by atoms with E-state index in [-0.39, 0.29) is 5.91 Å². The monoisotopic (exact) mass is 387 g/mol. The minimum atomic E-state index is -0.498. The highest BCUT2D eigenvalue weighted by Crippen LogP contribution is 2.46. The van der Waals surface area contributed by atoms with Crippen molar-refractivity contribution in [1.29, 1.82) is 0 Å². The Morgan fingerprint density at radius 1 is 1.15 bits per heavy atom. The Kier molecular flexibility index (Phi) is 4.83. The van der Waals surface area contributed by atoms with Gasteiger partial charge in [0, 0.05) is 30.8 Å². The molecule has 2 aliphatic rings. The van der Waals surface area contributed by atoms with Crippen LogP contribution in [0.5, 0.6) is 11.5 Å². The van der Waals surface area contributed by atoms with E-state index in [9.17, 15) is 4.79 Å². The molecule has 1 aromatic heterocycles. The van der Waals surface area contributed by atoms with E-state index in [0.717, 1.165) is 42.9 Å². The van der Waals surface area contributed by atoms with Crippen LogP contribution in [0.2, 0.25) is 5.02 Å². The molecule has 1 aromatic carbocycles. The number of carbonyl (C=O) groups is 1. The summed E-state index contributed by atoms with van der Waals surface area (Å²) in [6.07, 6.45) is 6.79. The molecule has 1 spiro atoms. The molecule has 2 heterocycles. The van der Waals surface area contributed by atoms with Crippen molar-refractivity contribution >= 4 is 29.0 Å². The molecular formula is C20H22ClN3O3. The number of nitrogens with one attached hydrogen (secondary N) is 2. The molecule has 142 valence electrons. The number of pyridine rings is 1. The first-order valence-corrected chi connectivity index (χ1v) is 9.62. The van der Waals surface area contributed by atoms with Gasteiger partial charge >= 0.3 is 0 Å². The third-order valence-electron chi connectivity index (χ3n) is 4.91. The van der Waals surface area contributed by atoms with Crippen molar-refractivity contribution in [2.45, 2.75) is 50.9 Å². The van der Waals surface area contributed by atoms with Crippen molar-refractivity contribution in [2.24, 2.45) is 0 Å². The van der Waals surface area contributed by atoms with Gasteiger partial charge in [-0.3, -0.25) is 4.79 Å². The largest absolute Gasteiger partial charge is 0.448 e. The van der Waals surface area contributed by atoms with E-state index in [4.69, 9.17) is 21.1 Å². The Morgan fingerprint density at radius 2 is 1.93 bits per heavy atom. The lowest BCUT2D eigenvalue weighted by Gasteiger charge is -2.31. The van der Waals surface area contributed by atoms with Crippen molar-refractivity contribution in [1.82, 2.24) is 4.98 Å². The lowest BCUT2D eigenvalue weighted by atomic mass is 9.94. The summed E-state index contributed by atoms with van der Waals surface area (Å²) < 4.78 is 12.2. The molecule has 1 aliphatic heterocycles. The SMILES string of the molecule is CC(Nc1ccc2c(c1)OC1(CCCCC1)O2)C(=O)Nc1ccc(Cl)cn1. The van der Waals surface area contributed by atoms with Gasteiger partial charge in [-0.25, -0.2) is 4.98 Å². The number of halogens is 1. The molecule has 6 nitrogen and oxygen atoms in total. The summed E-state index contributed by atoms with van der Waals surface area (Å²) >= 11 is 5.81. The highest BCUT2D eigenvalue weighted by molar-refractivity contribution is 6.30. The lowest BCUT2D eigenvalue weighted by Crippen LogP contribution is -2.40. The highest BCUT2D eigenvalue weighted by atomic mass is 35.5. The number of ether oxygens (including phenoxy) is 2. The number of rotatable bonds is 4. The minimum Gasteiger partial charge on any atom is -0.448 e. The zero-order valence-electron chi connectivity index (χ0n) is 15.1. The van der Waals surface area contributed by atoms with Gasteiger partial charge in [-0.15, -0.1) is 0 Å². The van der Waals surface area contributed by atoms with Crippen molar-refractivity contribution < 1.29 is 14.3 Å². The summed E-state index contributed by atoms with van der Waals surface area (Å²) in [4.78, 5) is 16.5. The van der Waals surface area contributed by atoms with Crippen LogP contribution in [0.3, 0.4) is 0 Å². The second kappa shape index (κ2) is 7.27. The van der Waals surface area contributed by atoms with E-state index < -0.39 is 11.8 Å². The Morgan fingerprint density at radius 3 is 2.67 bits per heavy atom. The lowest BCUT2D eigenvalue weighted by molar-refractivity contribution is -0.116. The molecule has 0 radical (unpaired) electrons. The van der Waals surface area contributed by atoms with E-state index in [1.807, 2.05) is 18.2 Å². The predicted octanol–water partition coefficient (Wildman–Crippen LogP) is 4.61. The normalized spacial score (nSPS) is 18.1. The van der Waals surface area contributed by atoms with Gasteiger partial charge in [0.15, 0.2) is 11.5 Å². The van der Waals surface area contributed by atoms with Crippen LogP contribution in [-0.2, 0) is 4.79 Å². The fourth-order valence-electron chi connectivity index (χ4n) is 3.48. The van der Waals surface area contributed by atoms with Gasteiger partial charge < -0.3 is 20.1 Å². The summed E-state index contributed by atoms with van der Waals surface area (Å²) in [5, 5.41) is 6.48. The summed E-state index contributed by atoms with van der Waals surface area (Å²) in [6.45, 7) is 1.79. The molecule has 0 saturated heterocycles. The highest BCUT2D eigenvalue weighted by Gasteiger charge is 2.42. The van der Waals surface area contributed by atoms with Gasteiger partial charge in [-0.05, 0) is 44.0 Å². The number of carbonyl (C=O) groups excluding carboxylic acids is 1.